The molecule has 3 heterocycles. The minimum absolute atomic E-state index is 0.209. The number of hydrogen-bond acceptors (Lipinski definition) is 5. The van der Waals surface area contributed by atoms with E-state index in [1.54, 1.807) is 30.1 Å². The van der Waals surface area contributed by atoms with Gasteiger partial charge in [-0.3, -0.25) is 9.48 Å². The molecule has 0 aliphatic heterocycles. The Kier molecular flexibility index (Phi) is 3.55. The van der Waals surface area contributed by atoms with Crippen LogP contribution >= 0.6 is 0 Å². The van der Waals surface area contributed by atoms with E-state index < -0.39 is 0 Å². The second-order valence-corrected chi connectivity index (χ2v) is 4.52. The molecule has 0 fully saturated rings. The molecular weight excluding hydrogens is 272 g/mol. The summed E-state index contributed by atoms with van der Waals surface area (Å²) in [5.74, 6) is 0.972. The molecule has 1 amide bonds. The Balaban J connectivity index is 1.74. The van der Waals surface area contributed by atoms with Gasteiger partial charge in [-0.2, -0.15) is 5.10 Å². The number of nitrogens with one attached hydrogen (secondary N) is 1. The predicted octanol–water partition coefficient (Wildman–Crippen LogP) is 1.79. The number of aromatic nitrogens is 3. The number of carbonyl (C=O) groups is 1. The summed E-state index contributed by atoms with van der Waals surface area (Å²) in [6, 6.07) is 5.27. The molecule has 0 saturated heterocycles. The van der Waals surface area contributed by atoms with Gasteiger partial charge in [-0.1, -0.05) is 5.16 Å². The quantitative estimate of drug-likeness (QED) is 0.772. The van der Waals surface area contributed by atoms with Crippen LogP contribution in [-0.2, 0) is 0 Å². The Bertz CT molecular complexity index is 666. The van der Waals surface area contributed by atoms with Gasteiger partial charge >= 0.3 is 0 Å². The largest absolute Gasteiger partial charge is 0.467 e. The molecule has 0 aliphatic carbocycles. The Morgan fingerprint density at radius 2 is 2.38 bits per heavy atom. The summed E-state index contributed by atoms with van der Waals surface area (Å²) in [5, 5.41) is 10.6. The van der Waals surface area contributed by atoms with Gasteiger partial charge in [-0.15, -0.1) is 0 Å². The molecular formula is C14H14N4O3. The van der Waals surface area contributed by atoms with E-state index in [2.05, 4.69) is 15.6 Å². The normalized spacial score (nSPS) is 12.2. The Labute approximate surface area is 120 Å². The molecule has 0 bridgehead atoms. The smallest absolute Gasteiger partial charge is 0.256 e. The summed E-state index contributed by atoms with van der Waals surface area (Å²) in [6.07, 6.45) is 6.50. The van der Waals surface area contributed by atoms with Crippen LogP contribution in [0.25, 0.3) is 0 Å². The molecule has 0 saturated carbocycles. The van der Waals surface area contributed by atoms with Gasteiger partial charge in [0.2, 0.25) is 0 Å². The average molecular weight is 286 g/mol. The number of furan rings is 1. The first-order chi connectivity index (χ1) is 10.3. The molecule has 0 unspecified atom stereocenters. The van der Waals surface area contributed by atoms with Crippen LogP contribution in [0.3, 0.4) is 0 Å². The van der Waals surface area contributed by atoms with Gasteiger partial charge in [0.15, 0.2) is 0 Å². The van der Waals surface area contributed by atoms with E-state index in [-0.39, 0.29) is 11.9 Å². The Morgan fingerprint density at radius 3 is 3.00 bits per heavy atom. The monoisotopic (exact) mass is 286 g/mol. The summed E-state index contributed by atoms with van der Waals surface area (Å²) < 4.78 is 12.0. The molecule has 1 N–H and O–H groups in total. The van der Waals surface area contributed by atoms with Crippen molar-refractivity contribution in [1.82, 2.24) is 20.3 Å². The van der Waals surface area contributed by atoms with Crippen molar-refractivity contribution in [2.75, 3.05) is 6.54 Å². The standard InChI is InChI=1S/C14H14N4O3/c1-10-11(8-17-21-10)14(19)15-9-12(13-4-2-7-20-13)18-6-3-5-16-18/h2-8,12H,9H2,1H3,(H,15,19)/t12-/m1/s1. The van der Waals surface area contributed by atoms with Gasteiger partial charge in [0.1, 0.15) is 23.1 Å². The van der Waals surface area contributed by atoms with E-state index in [9.17, 15) is 4.79 Å². The first kappa shape index (κ1) is 13.2. The maximum atomic E-state index is 12.1. The van der Waals surface area contributed by atoms with Crippen molar-refractivity contribution in [1.29, 1.82) is 0 Å². The predicted molar refractivity (Wildman–Crippen MR) is 72.6 cm³/mol. The zero-order chi connectivity index (χ0) is 14.7. The number of rotatable bonds is 5. The third-order valence-electron chi connectivity index (χ3n) is 3.17. The molecule has 0 aromatic carbocycles. The zero-order valence-corrected chi connectivity index (χ0v) is 11.4. The van der Waals surface area contributed by atoms with E-state index in [1.807, 2.05) is 18.3 Å². The third-order valence-corrected chi connectivity index (χ3v) is 3.17. The summed E-state index contributed by atoms with van der Waals surface area (Å²) in [6.45, 7) is 2.04. The third kappa shape index (κ3) is 2.71. The number of hydrogen-bond donors (Lipinski definition) is 1. The van der Waals surface area contributed by atoms with Gasteiger partial charge in [-0.05, 0) is 25.1 Å². The molecule has 0 spiro atoms. The lowest BCUT2D eigenvalue weighted by Gasteiger charge is -2.16. The number of aryl methyl sites for hydroxylation is 1. The SMILES string of the molecule is Cc1oncc1C(=O)NC[C@H](c1ccco1)n1cccn1. The van der Waals surface area contributed by atoms with Gasteiger partial charge < -0.3 is 14.3 Å². The van der Waals surface area contributed by atoms with Crippen molar-refractivity contribution in [3.8, 4) is 0 Å². The molecule has 3 aromatic rings. The number of carbonyl (C=O) groups excluding carboxylic acids is 1. The fraction of sp³-hybridized carbons (Fsp3) is 0.214. The van der Waals surface area contributed by atoms with Crippen LogP contribution in [0.5, 0.6) is 0 Å². The highest BCUT2D eigenvalue weighted by atomic mass is 16.5. The van der Waals surface area contributed by atoms with Gasteiger partial charge in [0, 0.05) is 18.9 Å². The van der Waals surface area contributed by atoms with E-state index in [0.717, 1.165) is 5.76 Å². The molecule has 108 valence electrons. The molecule has 1 atom stereocenters. The average Bonchev–Trinajstić information content (AvgIpc) is 3.21. The Morgan fingerprint density at radius 1 is 1.48 bits per heavy atom. The molecule has 0 radical (unpaired) electrons. The summed E-state index contributed by atoms with van der Waals surface area (Å²) in [7, 11) is 0. The van der Waals surface area contributed by atoms with Crippen LogP contribution in [0.15, 0.2) is 52.0 Å². The lowest BCUT2D eigenvalue weighted by molar-refractivity contribution is 0.0946. The fourth-order valence-electron chi connectivity index (χ4n) is 2.07. The highest BCUT2D eigenvalue weighted by molar-refractivity contribution is 5.94. The number of amides is 1. The Hall–Kier alpha value is -2.83. The lowest BCUT2D eigenvalue weighted by atomic mass is 10.2. The molecule has 7 heteroatoms. The fourth-order valence-corrected chi connectivity index (χ4v) is 2.07. The van der Waals surface area contributed by atoms with Crippen molar-refractivity contribution in [2.24, 2.45) is 0 Å². The van der Waals surface area contributed by atoms with Gasteiger partial charge in [0.25, 0.3) is 5.91 Å². The van der Waals surface area contributed by atoms with Crippen molar-refractivity contribution in [2.45, 2.75) is 13.0 Å². The highest BCUT2D eigenvalue weighted by Crippen LogP contribution is 2.17. The van der Waals surface area contributed by atoms with Gasteiger partial charge in [0.05, 0.1) is 12.5 Å². The number of nitrogens with zero attached hydrogens (tertiary/aromatic N) is 3. The van der Waals surface area contributed by atoms with Crippen molar-refractivity contribution < 1.29 is 13.7 Å². The minimum atomic E-state index is -0.238. The minimum Gasteiger partial charge on any atom is -0.467 e. The van der Waals surface area contributed by atoms with E-state index >= 15 is 0 Å². The molecule has 21 heavy (non-hydrogen) atoms. The van der Waals surface area contributed by atoms with Crippen LogP contribution < -0.4 is 5.32 Å². The second kappa shape index (κ2) is 5.66. The lowest BCUT2D eigenvalue weighted by Crippen LogP contribution is -2.31. The first-order valence-electron chi connectivity index (χ1n) is 6.47. The van der Waals surface area contributed by atoms with Crippen molar-refractivity contribution >= 4 is 5.91 Å². The van der Waals surface area contributed by atoms with Crippen LogP contribution in [0.4, 0.5) is 0 Å². The van der Waals surface area contributed by atoms with E-state index in [1.165, 1.54) is 6.20 Å². The molecule has 0 aliphatic rings. The second-order valence-electron chi connectivity index (χ2n) is 4.52. The molecule has 3 aromatic heterocycles. The maximum Gasteiger partial charge on any atom is 0.256 e. The topological polar surface area (TPSA) is 86.1 Å². The van der Waals surface area contributed by atoms with Crippen LogP contribution in [0.2, 0.25) is 0 Å². The van der Waals surface area contributed by atoms with Crippen molar-refractivity contribution in [3.05, 3.63) is 60.1 Å². The van der Waals surface area contributed by atoms with Crippen molar-refractivity contribution in [3.63, 3.8) is 0 Å². The maximum absolute atomic E-state index is 12.1. The summed E-state index contributed by atoms with van der Waals surface area (Å²) >= 11 is 0. The van der Waals surface area contributed by atoms with Gasteiger partial charge in [-0.25, -0.2) is 0 Å². The first-order valence-corrected chi connectivity index (χ1v) is 6.47. The van der Waals surface area contributed by atoms with Crippen LogP contribution in [0, 0.1) is 6.92 Å². The van der Waals surface area contributed by atoms with E-state index in [0.29, 0.717) is 17.9 Å². The van der Waals surface area contributed by atoms with E-state index in [4.69, 9.17) is 8.94 Å². The van der Waals surface area contributed by atoms with Crippen LogP contribution in [0.1, 0.15) is 27.9 Å². The molecule has 3 rings (SSSR count). The molecule has 7 nitrogen and oxygen atoms in total. The zero-order valence-electron chi connectivity index (χ0n) is 11.4. The summed E-state index contributed by atoms with van der Waals surface area (Å²) in [5.41, 5.74) is 0.425. The van der Waals surface area contributed by atoms with Crippen LogP contribution in [-0.4, -0.2) is 27.4 Å². The summed E-state index contributed by atoms with van der Waals surface area (Å²) in [4.78, 5) is 12.1. The highest BCUT2D eigenvalue weighted by Gasteiger charge is 2.20.